The summed E-state index contributed by atoms with van der Waals surface area (Å²) < 4.78 is 4.89. The molecule has 0 aromatic heterocycles. The number of carbonyl (C=O) groups is 2. The molecule has 2 amide bonds. The Morgan fingerprint density at radius 2 is 2.20 bits per heavy atom. The number of alkyl carbamates (subject to hydrolysis) is 1. The lowest BCUT2D eigenvalue weighted by atomic mass is 9.95. The van der Waals surface area contributed by atoms with E-state index in [1.807, 2.05) is 4.90 Å². The van der Waals surface area contributed by atoms with Gasteiger partial charge < -0.3 is 20.3 Å². The van der Waals surface area contributed by atoms with Gasteiger partial charge in [-0.1, -0.05) is 6.92 Å². The van der Waals surface area contributed by atoms with Crippen molar-refractivity contribution in [2.45, 2.75) is 32.7 Å². The fraction of sp³-hybridized carbons (Fsp3) is 0.857. The van der Waals surface area contributed by atoms with Crippen molar-refractivity contribution in [3.8, 4) is 0 Å². The van der Waals surface area contributed by atoms with Crippen molar-refractivity contribution < 1.29 is 14.3 Å². The summed E-state index contributed by atoms with van der Waals surface area (Å²) in [7, 11) is 0. The summed E-state index contributed by atoms with van der Waals surface area (Å²) in [5.41, 5.74) is 0. The average Bonchev–Trinajstić information content (AvgIpc) is 2.84. The molecule has 3 atom stereocenters. The van der Waals surface area contributed by atoms with Gasteiger partial charge in [0.2, 0.25) is 5.91 Å². The molecule has 20 heavy (non-hydrogen) atoms. The monoisotopic (exact) mass is 283 g/mol. The van der Waals surface area contributed by atoms with Crippen LogP contribution in [0.3, 0.4) is 0 Å². The first kappa shape index (κ1) is 15.1. The molecule has 0 saturated carbocycles. The molecule has 0 aromatic rings. The van der Waals surface area contributed by atoms with Crippen LogP contribution in [0.5, 0.6) is 0 Å². The molecular weight excluding hydrogens is 258 g/mol. The summed E-state index contributed by atoms with van der Waals surface area (Å²) in [6, 6.07) is 0.0106. The Kier molecular flexibility index (Phi) is 5.23. The van der Waals surface area contributed by atoms with Gasteiger partial charge in [0.1, 0.15) is 0 Å². The van der Waals surface area contributed by atoms with E-state index in [1.165, 1.54) is 0 Å². The van der Waals surface area contributed by atoms with Crippen LogP contribution in [0.2, 0.25) is 0 Å². The maximum atomic E-state index is 12.5. The van der Waals surface area contributed by atoms with Gasteiger partial charge in [-0.05, 0) is 32.2 Å². The second-order valence-electron chi connectivity index (χ2n) is 5.73. The van der Waals surface area contributed by atoms with Gasteiger partial charge in [-0.25, -0.2) is 4.79 Å². The molecular formula is C14H25N3O3. The minimum absolute atomic E-state index is 0.0106. The Morgan fingerprint density at radius 1 is 1.40 bits per heavy atom. The number of carbonyl (C=O) groups excluding carboxylic acids is 2. The summed E-state index contributed by atoms with van der Waals surface area (Å²) in [5.74, 6) is 0.690. The van der Waals surface area contributed by atoms with Gasteiger partial charge in [0.25, 0.3) is 0 Å². The van der Waals surface area contributed by atoms with Crippen molar-refractivity contribution in [1.82, 2.24) is 15.5 Å². The van der Waals surface area contributed by atoms with Crippen LogP contribution >= 0.6 is 0 Å². The van der Waals surface area contributed by atoms with Crippen LogP contribution < -0.4 is 10.6 Å². The smallest absolute Gasteiger partial charge is 0.407 e. The Bertz CT molecular complexity index is 362. The first-order chi connectivity index (χ1) is 9.61. The van der Waals surface area contributed by atoms with Crippen molar-refractivity contribution in [2.24, 2.45) is 11.8 Å². The van der Waals surface area contributed by atoms with E-state index >= 15 is 0 Å². The van der Waals surface area contributed by atoms with E-state index < -0.39 is 0 Å². The molecule has 2 fully saturated rings. The summed E-state index contributed by atoms with van der Waals surface area (Å²) >= 11 is 0. The number of hydrogen-bond donors (Lipinski definition) is 2. The molecule has 2 rings (SSSR count). The molecule has 1 unspecified atom stereocenters. The third kappa shape index (κ3) is 3.62. The van der Waals surface area contributed by atoms with Crippen molar-refractivity contribution in [3.05, 3.63) is 0 Å². The zero-order chi connectivity index (χ0) is 14.5. The van der Waals surface area contributed by atoms with Crippen LogP contribution in [0, 0.1) is 11.8 Å². The number of hydrogen-bond acceptors (Lipinski definition) is 4. The second-order valence-corrected chi connectivity index (χ2v) is 5.73. The molecule has 2 aliphatic heterocycles. The Balaban J connectivity index is 1.86. The van der Waals surface area contributed by atoms with E-state index in [1.54, 1.807) is 6.92 Å². The van der Waals surface area contributed by atoms with Crippen LogP contribution in [0.4, 0.5) is 4.79 Å². The molecule has 2 N–H and O–H groups in total. The maximum Gasteiger partial charge on any atom is 0.407 e. The number of rotatable bonds is 3. The van der Waals surface area contributed by atoms with Crippen LogP contribution in [-0.4, -0.2) is 55.7 Å². The van der Waals surface area contributed by atoms with Gasteiger partial charge in [-0.15, -0.1) is 0 Å². The molecule has 0 radical (unpaired) electrons. The van der Waals surface area contributed by atoms with Crippen LogP contribution in [0.1, 0.15) is 26.7 Å². The van der Waals surface area contributed by atoms with E-state index in [2.05, 4.69) is 17.6 Å². The van der Waals surface area contributed by atoms with Crippen LogP contribution in [0.15, 0.2) is 0 Å². The number of ether oxygens (including phenoxy) is 1. The summed E-state index contributed by atoms with van der Waals surface area (Å²) in [6.45, 7) is 7.34. The summed E-state index contributed by atoms with van der Waals surface area (Å²) in [4.78, 5) is 25.9. The first-order valence-electron chi connectivity index (χ1n) is 7.54. The topological polar surface area (TPSA) is 70.7 Å². The molecule has 0 spiro atoms. The first-order valence-corrected chi connectivity index (χ1v) is 7.54. The van der Waals surface area contributed by atoms with Gasteiger partial charge in [-0.2, -0.15) is 0 Å². The third-order valence-corrected chi connectivity index (χ3v) is 4.17. The predicted molar refractivity (Wildman–Crippen MR) is 75.3 cm³/mol. The lowest BCUT2D eigenvalue weighted by molar-refractivity contribution is -0.137. The average molecular weight is 283 g/mol. The Hall–Kier alpha value is -1.30. The standard InChI is InChI=1S/C14H25N3O3/c1-3-20-14(19)16-11-5-4-6-17(9-11)13(18)12-8-15-7-10(12)2/h10-12,15H,3-9H2,1-2H3,(H,16,19)/t10-,11?,12-/m1/s1. The normalized spacial score (nSPS) is 30.1. The van der Waals surface area contributed by atoms with Gasteiger partial charge in [0.05, 0.1) is 12.5 Å². The SMILES string of the molecule is CCOC(=O)NC1CCCN(C(=O)[C@@H]2CNC[C@H]2C)C1. The lowest BCUT2D eigenvalue weighted by Crippen LogP contribution is -2.51. The fourth-order valence-electron chi connectivity index (χ4n) is 3.01. The van der Waals surface area contributed by atoms with E-state index in [0.717, 1.165) is 32.5 Å². The number of amides is 2. The quantitative estimate of drug-likeness (QED) is 0.795. The highest BCUT2D eigenvalue weighted by atomic mass is 16.5. The molecule has 0 bridgehead atoms. The summed E-state index contributed by atoms with van der Waals surface area (Å²) in [5, 5.41) is 6.10. The molecule has 2 saturated heterocycles. The zero-order valence-corrected chi connectivity index (χ0v) is 12.4. The summed E-state index contributed by atoms with van der Waals surface area (Å²) in [6.07, 6.45) is 1.45. The van der Waals surface area contributed by atoms with Crippen molar-refractivity contribution in [1.29, 1.82) is 0 Å². The van der Waals surface area contributed by atoms with Crippen LogP contribution in [0.25, 0.3) is 0 Å². The van der Waals surface area contributed by atoms with Gasteiger partial charge in [0.15, 0.2) is 0 Å². The van der Waals surface area contributed by atoms with Gasteiger partial charge in [0, 0.05) is 25.7 Å². The molecule has 6 heteroatoms. The van der Waals surface area contributed by atoms with Crippen molar-refractivity contribution >= 4 is 12.0 Å². The molecule has 6 nitrogen and oxygen atoms in total. The van der Waals surface area contributed by atoms with E-state index in [4.69, 9.17) is 4.74 Å². The highest BCUT2D eigenvalue weighted by molar-refractivity contribution is 5.80. The van der Waals surface area contributed by atoms with Gasteiger partial charge in [-0.3, -0.25) is 4.79 Å². The fourth-order valence-corrected chi connectivity index (χ4v) is 3.01. The predicted octanol–water partition coefficient (Wildman–Crippen LogP) is 0.579. The highest BCUT2D eigenvalue weighted by Crippen LogP contribution is 2.21. The Labute approximate surface area is 120 Å². The second kappa shape index (κ2) is 6.92. The number of piperidine rings is 1. The minimum atomic E-state index is -0.386. The molecule has 2 heterocycles. The number of nitrogens with zero attached hydrogens (tertiary/aromatic N) is 1. The molecule has 2 aliphatic rings. The minimum Gasteiger partial charge on any atom is -0.450 e. The molecule has 0 aromatic carbocycles. The third-order valence-electron chi connectivity index (χ3n) is 4.17. The molecule has 0 aliphatic carbocycles. The van der Waals surface area contributed by atoms with E-state index in [9.17, 15) is 9.59 Å². The number of nitrogens with one attached hydrogen (secondary N) is 2. The zero-order valence-electron chi connectivity index (χ0n) is 12.4. The molecule has 114 valence electrons. The lowest BCUT2D eigenvalue weighted by Gasteiger charge is -2.35. The van der Waals surface area contributed by atoms with Crippen molar-refractivity contribution in [3.63, 3.8) is 0 Å². The number of likely N-dealkylation sites (tertiary alicyclic amines) is 1. The van der Waals surface area contributed by atoms with E-state index in [-0.39, 0.29) is 24.0 Å². The van der Waals surface area contributed by atoms with Crippen LogP contribution in [-0.2, 0) is 9.53 Å². The maximum absolute atomic E-state index is 12.5. The highest BCUT2D eigenvalue weighted by Gasteiger charge is 2.34. The Morgan fingerprint density at radius 3 is 2.85 bits per heavy atom. The van der Waals surface area contributed by atoms with Crippen molar-refractivity contribution in [2.75, 3.05) is 32.8 Å². The van der Waals surface area contributed by atoms with E-state index in [0.29, 0.717) is 19.1 Å². The van der Waals surface area contributed by atoms with Gasteiger partial charge >= 0.3 is 6.09 Å². The largest absolute Gasteiger partial charge is 0.450 e.